The van der Waals surface area contributed by atoms with E-state index in [-0.39, 0.29) is 48.6 Å². The highest BCUT2D eigenvalue weighted by Crippen LogP contribution is 2.38. The van der Waals surface area contributed by atoms with Crippen LogP contribution in [0.3, 0.4) is 0 Å². The summed E-state index contributed by atoms with van der Waals surface area (Å²) in [6.45, 7) is 1.42. The molecular weight excluding hydrogens is 489 g/mol. The van der Waals surface area contributed by atoms with E-state index in [9.17, 15) is 22.8 Å². The molecule has 1 aromatic heterocycles. The van der Waals surface area contributed by atoms with Crippen molar-refractivity contribution in [3.05, 3.63) is 58.9 Å². The molecule has 0 radical (unpaired) electrons. The molecule has 1 aliphatic carbocycles. The average molecular weight is 521 g/mol. The number of anilines is 1. The van der Waals surface area contributed by atoms with Crippen LogP contribution >= 0.6 is 0 Å². The van der Waals surface area contributed by atoms with E-state index in [2.05, 4.69) is 10.4 Å². The number of allylic oxidation sites excluding steroid dienone is 2. The van der Waals surface area contributed by atoms with Gasteiger partial charge in [-0.2, -0.15) is 5.10 Å². The molecule has 1 aliphatic rings. The molecule has 9 nitrogen and oxygen atoms in total. The van der Waals surface area contributed by atoms with Gasteiger partial charge in [0.05, 0.1) is 12.7 Å². The molecule has 0 saturated carbocycles. The topological polar surface area (TPSA) is 151 Å². The van der Waals surface area contributed by atoms with Crippen LogP contribution in [0, 0.1) is 0 Å². The Hall–Kier alpha value is -3.80. The minimum absolute atomic E-state index is 0.0359. The van der Waals surface area contributed by atoms with E-state index in [0.29, 0.717) is 16.9 Å². The van der Waals surface area contributed by atoms with Gasteiger partial charge in [-0.15, -0.1) is 0 Å². The zero-order valence-electron chi connectivity index (χ0n) is 20.6. The van der Waals surface area contributed by atoms with E-state index in [1.165, 1.54) is 26.2 Å². The lowest BCUT2D eigenvalue weighted by Gasteiger charge is -2.26. The zero-order valence-corrected chi connectivity index (χ0v) is 20.6. The quantitative estimate of drug-likeness (QED) is 0.358. The maximum absolute atomic E-state index is 14.7. The number of alkyl halides is 3. The first-order valence-corrected chi connectivity index (χ1v) is 11.8. The van der Waals surface area contributed by atoms with Gasteiger partial charge in [0.1, 0.15) is 35.0 Å². The largest absolute Gasteiger partial charge is 0.496 e. The highest BCUT2D eigenvalue weighted by Gasteiger charge is 2.41. The van der Waals surface area contributed by atoms with Gasteiger partial charge in [-0.05, 0) is 30.7 Å². The molecule has 0 bridgehead atoms. The zero-order chi connectivity index (χ0) is 27.3. The normalized spacial score (nSPS) is 16.5. The van der Waals surface area contributed by atoms with Gasteiger partial charge in [-0.25, -0.2) is 17.9 Å². The van der Waals surface area contributed by atoms with Gasteiger partial charge in [0.15, 0.2) is 0 Å². The van der Waals surface area contributed by atoms with E-state index >= 15 is 0 Å². The summed E-state index contributed by atoms with van der Waals surface area (Å²) < 4.78 is 49.1. The fourth-order valence-corrected chi connectivity index (χ4v) is 4.14. The lowest BCUT2D eigenvalue weighted by Crippen LogP contribution is -2.33. The molecule has 2 atom stereocenters. The molecule has 12 heteroatoms. The molecule has 0 spiro atoms. The number of nitrogens with two attached hydrogens (primary N) is 3. The SMILES string of the molecule is CCC(F)(F)C(CCN)n1nc(-c2ccc(CNC(=O)C3=CC(F)CC=C3OC)cc2)c(C(N)=O)c1N. The van der Waals surface area contributed by atoms with Crippen molar-refractivity contribution in [1.82, 2.24) is 15.1 Å². The Morgan fingerprint density at radius 1 is 1.30 bits per heavy atom. The molecule has 0 fully saturated rings. The van der Waals surface area contributed by atoms with E-state index in [1.807, 2.05) is 0 Å². The molecule has 37 heavy (non-hydrogen) atoms. The number of rotatable bonds is 11. The second-order valence-corrected chi connectivity index (χ2v) is 8.61. The predicted octanol–water partition coefficient (Wildman–Crippen LogP) is 2.98. The average Bonchev–Trinajstić information content (AvgIpc) is 3.22. The molecule has 200 valence electrons. The number of carbonyl (C=O) groups is 2. The molecule has 7 N–H and O–H groups in total. The number of hydrogen-bond donors (Lipinski definition) is 4. The summed E-state index contributed by atoms with van der Waals surface area (Å²) in [7, 11) is 1.40. The van der Waals surface area contributed by atoms with Gasteiger partial charge in [0.25, 0.3) is 17.7 Å². The first-order valence-electron chi connectivity index (χ1n) is 11.8. The van der Waals surface area contributed by atoms with Gasteiger partial charge < -0.3 is 27.3 Å². The van der Waals surface area contributed by atoms with Crippen LogP contribution in [0.5, 0.6) is 0 Å². The molecule has 3 rings (SSSR count). The summed E-state index contributed by atoms with van der Waals surface area (Å²) >= 11 is 0. The minimum atomic E-state index is -3.17. The van der Waals surface area contributed by atoms with Crippen LogP contribution in [0.2, 0.25) is 0 Å². The number of primary amides is 1. The van der Waals surface area contributed by atoms with Gasteiger partial charge in [0, 0.05) is 24.9 Å². The number of nitrogens with one attached hydrogen (secondary N) is 1. The molecule has 1 heterocycles. The molecule has 2 aromatic rings. The first-order chi connectivity index (χ1) is 17.5. The monoisotopic (exact) mass is 520 g/mol. The first kappa shape index (κ1) is 27.8. The number of hydrogen-bond acceptors (Lipinski definition) is 6. The number of carbonyl (C=O) groups excluding carboxylic acids is 2. The summed E-state index contributed by atoms with van der Waals surface area (Å²) in [5.41, 5.74) is 18.2. The van der Waals surface area contributed by atoms with Crippen LogP contribution in [-0.2, 0) is 16.1 Å². The summed E-state index contributed by atoms with van der Waals surface area (Å²) in [5.74, 6) is -4.53. The number of benzene rings is 1. The highest BCUT2D eigenvalue weighted by molar-refractivity contribution is 6.03. The summed E-state index contributed by atoms with van der Waals surface area (Å²) in [6.07, 6.45) is 1.02. The van der Waals surface area contributed by atoms with E-state index in [4.69, 9.17) is 21.9 Å². The van der Waals surface area contributed by atoms with Crippen molar-refractivity contribution in [2.75, 3.05) is 19.4 Å². The van der Waals surface area contributed by atoms with Crippen LogP contribution in [0.1, 0.15) is 48.1 Å². The van der Waals surface area contributed by atoms with Crippen molar-refractivity contribution in [2.45, 2.75) is 50.9 Å². The maximum atomic E-state index is 14.7. The van der Waals surface area contributed by atoms with Crippen molar-refractivity contribution in [3.63, 3.8) is 0 Å². The molecule has 2 amide bonds. The minimum Gasteiger partial charge on any atom is -0.496 e. The third-order valence-corrected chi connectivity index (χ3v) is 6.17. The predicted molar refractivity (Wildman–Crippen MR) is 133 cm³/mol. The van der Waals surface area contributed by atoms with Gasteiger partial charge in [-0.1, -0.05) is 31.2 Å². The Labute approximate surface area is 212 Å². The van der Waals surface area contributed by atoms with Crippen LogP contribution in [-0.4, -0.2) is 47.3 Å². The second-order valence-electron chi connectivity index (χ2n) is 8.61. The van der Waals surface area contributed by atoms with Gasteiger partial charge >= 0.3 is 0 Å². The lowest BCUT2D eigenvalue weighted by molar-refractivity contribution is -0.117. The van der Waals surface area contributed by atoms with Crippen molar-refractivity contribution in [1.29, 1.82) is 0 Å². The fourth-order valence-electron chi connectivity index (χ4n) is 4.14. The number of nitrogens with zero attached hydrogens (tertiary/aromatic N) is 2. The van der Waals surface area contributed by atoms with Crippen molar-refractivity contribution >= 4 is 17.6 Å². The Balaban J connectivity index is 1.85. The fraction of sp³-hybridized carbons (Fsp3) is 0.400. The van der Waals surface area contributed by atoms with Crippen molar-refractivity contribution < 1.29 is 27.5 Å². The molecule has 0 aliphatic heterocycles. The van der Waals surface area contributed by atoms with Crippen LogP contribution in [0.25, 0.3) is 11.3 Å². The van der Waals surface area contributed by atoms with E-state index < -0.39 is 36.4 Å². The number of methoxy groups -OCH3 is 1. The Bertz CT molecular complexity index is 1210. The molecule has 2 unspecified atom stereocenters. The molecule has 0 saturated heterocycles. The number of halogens is 3. The smallest absolute Gasteiger partial charge is 0.269 e. The maximum Gasteiger partial charge on any atom is 0.269 e. The van der Waals surface area contributed by atoms with Crippen molar-refractivity contribution in [3.8, 4) is 11.3 Å². The number of ether oxygens (including phenoxy) is 1. The third-order valence-electron chi connectivity index (χ3n) is 6.17. The lowest BCUT2D eigenvalue weighted by atomic mass is 10.0. The van der Waals surface area contributed by atoms with Crippen molar-refractivity contribution in [2.24, 2.45) is 11.5 Å². The Morgan fingerprint density at radius 2 is 1.97 bits per heavy atom. The number of amides is 2. The summed E-state index contributed by atoms with van der Waals surface area (Å²) in [6, 6.07) is 5.08. The highest BCUT2D eigenvalue weighted by atomic mass is 19.3. The Kier molecular flexibility index (Phi) is 8.64. The van der Waals surface area contributed by atoms with Gasteiger partial charge in [0.2, 0.25) is 0 Å². The van der Waals surface area contributed by atoms with E-state index in [1.54, 1.807) is 24.3 Å². The summed E-state index contributed by atoms with van der Waals surface area (Å²) in [5, 5.41) is 6.95. The summed E-state index contributed by atoms with van der Waals surface area (Å²) in [4.78, 5) is 24.7. The molecular formula is C25H31F3N6O3. The standard InChI is InChI=1S/C25H31F3N6O3/c1-3-25(27,28)19(10-11-29)34-22(30)20(23(31)35)21(33-34)15-6-4-14(5-7-15)13-32-24(36)17-12-16(26)8-9-18(17)37-2/h4-7,9,12,16,19H,3,8,10-11,13,29-30H2,1-2H3,(H2,31,35)(H,32,36). The number of nitrogen functional groups attached to an aromatic ring is 1. The van der Waals surface area contributed by atoms with Crippen LogP contribution < -0.4 is 22.5 Å². The molecule has 1 aromatic carbocycles. The number of aromatic nitrogens is 2. The van der Waals surface area contributed by atoms with E-state index in [0.717, 1.165) is 4.68 Å². The van der Waals surface area contributed by atoms with Gasteiger partial charge in [-0.3, -0.25) is 9.59 Å². The van der Waals surface area contributed by atoms with Crippen LogP contribution in [0.15, 0.2) is 47.7 Å². The van der Waals surface area contributed by atoms with Crippen LogP contribution in [0.4, 0.5) is 19.0 Å². The second kappa shape index (κ2) is 11.5. The third kappa shape index (κ3) is 5.96. The Morgan fingerprint density at radius 3 is 2.54 bits per heavy atom.